The van der Waals surface area contributed by atoms with Gasteiger partial charge < -0.3 is 10.6 Å². The van der Waals surface area contributed by atoms with Gasteiger partial charge in [0.1, 0.15) is 0 Å². The Morgan fingerprint density at radius 1 is 1.11 bits per heavy atom. The van der Waals surface area contributed by atoms with E-state index in [4.69, 9.17) is 0 Å². The minimum Gasteiger partial charge on any atom is -0.314 e. The van der Waals surface area contributed by atoms with Gasteiger partial charge in [0.15, 0.2) is 0 Å². The second-order valence-electron chi connectivity index (χ2n) is 3.24. The van der Waals surface area contributed by atoms with Crippen molar-refractivity contribution in [3.8, 4) is 0 Å². The molecule has 1 saturated heterocycles. The van der Waals surface area contributed by atoms with Crippen LogP contribution in [0.2, 0.25) is 0 Å². The highest BCUT2D eigenvalue weighted by Gasteiger charge is 2.37. The van der Waals surface area contributed by atoms with Crippen molar-refractivity contribution in [2.45, 2.75) is 24.8 Å². The van der Waals surface area contributed by atoms with E-state index in [0.717, 1.165) is 6.54 Å². The van der Waals surface area contributed by atoms with Crippen LogP contribution in [-0.4, -0.2) is 25.2 Å². The van der Waals surface area contributed by atoms with E-state index in [-0.39, 0.29) is 0 Å². The number of hydrogen-bond acceptors (Lipinski definition) is 2. The van der Waals surface area contributed by atoms with Crippen LogP contribution >= 0.6 is 0 Å². The standard InChI is InChI=1S/C7H14N2/c1-2-7(3-1)6-8-4-5-9-7/h8-9H,1-6H2. The van der Waals surface area contributed by atoms with Gasteiger partial charge in [0, 0.05) is 25.2 Å². The van der Waals surface area contributed by atoms with Crippen LogP contribution in [0.3, 0.4) is 0 Å². The normalized spacial score (nSPS) is 32.0. The number of nitrogens with one attached hydrogen (secondary N) is 2. The highest BCUT2D eigenvalue weighted by Crippen LogP contribution is 2.31. The van der Waals surface area contributed by atoms with Crippen molar-refractivity contribution in [2.24, 2.45) is 0 Å². The zero-order valence-corrected chi connectivity index (χ0v) is 5.74. The maximum absolute atomic E-state index is 3.57. The molecule has 1 aliphatic heterocycles. The summed E-state index contributed by atoms with van der Waals surface area (Å²) in [6.45, 7) is 3.52. The first-order valence-corrected chi connectivity index (χ1v) is 3.87. The Kier molecular flexibility index (Phi) is 1.24. The predicted molar refractivity (Wildman–Crippen MR) is 37.5 cm³/mol. The van der Waals surface area contributed by atoms with Crippen molar-refractivity contribution in [2.75, 3.05) is 19.6 Å². The molecule has 0 aromatic carbocycles. The fourth-order valence-electron chi connectivity index (χ4n) is 1.76. The zero-order valence-electron chi connectivity index (χ0n) is 5.74. The van der Waals surface area contributed by atoms with E-state index in [0.29, 0.717) is 5.54 Å². The Labute approximate surface area is 56.0 Å². The van der Waals surface area contributed by atoms with Crippen LogP contribution in [0, 0.1) is 0 Å². The van der Waals surface area contributed by atoms with Gasteiger partial charge in [-0.15, -0.1) is 0 Å². The lowest BCUT2D eigenvalue weighted by molar-refractivity contribution is 0.158. The second kappa shape index (κ2) is 1.96. The van der Waals surface area contributed by atoms with E-state index >= 15 is 0 Å². The van der Waals surface area contributed by atoms with E-state index in [2.05, 4.69) is 10.6 Å². The lowest BCUT2D eigenvalue weighted by Crippen LogP contribution is -2.62. The van der Waals surface area contributed by atoms with Gasteiger partial charge in [-0.25, -0.2) is 0 Å². The summed E-state index contributed by atoms with van der Waals surface area (Å²) in [5.41, 5.74) is 0.540. The van der Waals surface area contributed by atoms with Crippen LogP contribution in [0.4, 0.5) is 0 Å². The summed E-state index contributed by atoms with van der Waals surface area (Å²) < 4.78 is 0. The van der Waals surface area contributed by atoms with Gasteiger partial charge in [-0.1, -0.05) is 0 Å². The molecule has 0 unspecified atom stereocenters. The monoisotopic (exact) mass is 126 g/mol. The number of piperazine rings is 1. The molecule has 1 heterocycles. The quantitative estimate of drug-likeness (QED) is 0.481. The summed E-state index contributed by atoms with van der Waals surface area (Å²) >= 11 is 0. The maximum atomic E-state index is 3.57. The first-order chi connectivity index (χ1) is 4.41. The molecule has 1 saturated carbocycles. The summed E-state index contributed by atoms with van der Waals surface area (Å²) in [6, 6.07) is 0. The van der Waals surface area contributed by atoms with Gasteiger partial charge in [0.2, 0.25) is 0 Å². The fourth-order valence-corrected chi connectivity index (χ4v) is 1.76. The first kappa shape index (κ1) is 5.69. The summed E-state index contributed by atoms with van der Waals surface area (Å²) in [4.78, 5) is 0. The molecular formula is C7H14N2. The third-order valence-electron chi connectivity index (χ3n) is 2.58. The van der Waals surface area contributed by atoms with E-state index < -0.39 is 0 Å². The van der Waals surface area contributed by atoms with Crippen LogP contribution in [0.15, 0.2) is 0 Å². The fraction of sp³-hybridized carbons (Fsp3) is 1.00. The molecule has 52 valence electrons. The summed E-state index contributed by atoms with van der Waals surface area (Å²) in [5.74, 6) is 0. The van der Waals surface area contributed by atoms with Gasteiger partial charge in [-0.3, -0.25) is 0 Å². The van der Waals surface area contributed by atoms with Crippen LogP contribution in [0.25, 0.3) is 0 Å². The molecule has 1 aliphatic carbocycles. The molecule has 2 rings (SSSR count). The van der Waals surface area contributed by atoms with Crippen molar-refractivity contribution in [3.05, 3.63) is 0 Å². The van der Waals surface area contributed by atoms with Gasteiger partial charge in [0.25, 0.3) is 0 Å². The smallest absolute Gasteiger partial charge is 0.0306 e. The molecule has 0 aromatic rings. The first-order valence-electron chi connectivity index (χ1n) is 3.87. The van der Waals surface area contributed by atoms with E-state index in [1.807, 2.05) is 0 Å². The molecular weight excluding hydrogens is 112 g/mol. The molecule has 0 amide bonds. The molecule has 2 nitrogen and oxygen atoms in total. The van der Waals surface area contributed by atoms with Crippen molar-refractivity contribution < 1.29 is 0 Å². The lowest BCUT2D eigenvalue weighted by atomic mass is 9.76. The van der Waals surface area contributed by atoms with Crippen LogP contribution in [0.1, 0.15) is 19.3 Å². The Bertz CT molecular complexity index is 99.5. The topological polar surface area (TPSA) is 24.1 Å². The Hall–Kier alpha value is -0.0800. The number of hydrogen-bond donors (Lipinski definition) is 2. The van der Waals surface area contributed by atoms with Crippen molar-refractivity contribution in [3.63, 3.8) is 0 Å². The van der Waals surface area contributed by atoms with E-state index in [9.17, 15) is 0 Å². The lowest BCUT2D eigenvalue weighted by Gasteiger charge is -2.45. The Morgan fingerprint density at radius 3 is 2.33 bits per heavy atom. The molecule has 0 atom stereocenters. The van der Waals surface area contributed by atoms with Crippen molar-refractivity contribution in [1.29, 1.82) is 0 Å². The predicted octanol–water partition coefficient (Wildman–Crippen LogP) is 0.102. The van der Waals surface area contributed by atoms with E-state index in [1.54, 1.807) is 0 Å². The van der Waals surface area contributed by atoms with Gasteiger partial charge in [-0.2, -0.15) is 0 Å². The van der Waals surface area contributed by atoms with Gasteiger partial charge in [0.05, 0.1) is 0 Å². The molecule has 1 spiro atoms. The zero-order chi connectivity index (χ0) is 6.16. The molecule has 2 aliphatic rings. The van der Waals surface area contributed by atoms with E-state index in [1.165, 1.54) is 32.4 Å². The van der Waals surface area contributed by atoms with Gasteiger partial charge >= 0.3 is 0 Å². The Morgan fingerprint density at radius 2 is 2.00 bits per heavy atom. The molecule has 0 radical (unpaired) electrons. The van der Waals surface area contributed by atoms with Gasteiger partial charge in [-0.05, 0) is 19.3 Å². The summed E-state index contributed by atoms with van der Waals surface area (Å²) in [7, 11) is 0. The molecule has 2 heteroatoms. The third kappa shape index (κ3) is 0.864. The van der Waals surface area contributed by atoms with Crippen LogP contribution in [-0.2, 0) is 0 Å². The van der Waals surface area contributed by atoms with Crippen molar-refractivity contribution >= 4 is 0 Å². The molecule has 9 heavy (non-hydrogen) atoms. The highest BCUT2D eigenvalue weighted by molar-refractivity contribution is 4.99. The minimum absolute atomic E-state index is 0.540. The minimum atomic E-state index is 0.540. The third-order valence-corrected chi connectivity index (χ3v) is 2.58. The summed E-state index contributed by atoms with van der Waals surface area (Å²) in [5, 5.41) is 6.98. The van der Waals surface area contributed by atoms with Crippen LogP contribution in [0.5, 0.6) is 0 Å². The average molecular weight is 126 g/mol. The highest BCUT2D eigenvalue weighted by atomic mass is 15.1. The number of rotatable bonds is 0. The van der Waals surface area contributed by atoms with Crippen molar-refractivity contribution in [1.82, 2.24) is 10.6 Å². The second-order valence-corrected chi connectivity index (χ2v) is 3.24. The SMILES string of the molecule is C1CC2(C1)CNCCN2. The average Bonchev–Trinajstić information content (AvgIpc) is 1.87. The Balaban J connectivity index is 1.93. The molecule has 2 fully saturated rings. The molecule has 2 N–H and O–H groups in total. The molecule has 0 aromatic heterocycles. The molecule has 0 bridgehead atoms. The summed E-state index contributed by atoms with van der Waals surface area (Å²) in [6.07, 6.45) is 4.20. The largest absolute Gasteiger partial charge is 0.314 e. The van der Waals surface area contributed by atoms with Crippen LogP contribution < -0.4 is 10.6 Å². The maximum Gasteiger partial charge on any atom is 0.0306 e.